The maximum atomic E-state index is 4.45. The average molecular weight is 298 g/mol. The molecule has 7 heteroatoms. The highest BCUT2D eigenvalue weighted by atomic mass is 32.1. The van der Waals surface area contributed by atoms with Gasteiger partial charge in [-0.05, 0) is 6.92 Å². The van der Waals surface area contributed by atoms with Crippen molar-refractivity contribution >= 4 is 16.7 Å². The van der Waals surface area contributed by atoms with Crippen molar-refractivity contribution in [2.75, 3.05) is 11.4 Å². The van der Waals surface area contributed by atoms with Crippen molar-refractivity contribution in [2.24, 2.45) is 0 Å². The molecule has 1 aliphatic heterocycles. The lowest BCUT2D eigenvalue weighted by Gasteiger charge is -2.26. The highest BCUT2D eigenvalue weighted by molar-refractivity contribution is 7.09. The van der Waals surface area contributed by atoms with E-state index in [2.05, 4.69) is 41.2 Å². The zero-order valence-electron chi connectivity index (χ0n) is 11.6. The van der Waals surface area contributed by atoms with Crippen LogP contribution in [0.4, 0.5) is 5.13 Å². The van der Waals surface area contributed by atoms with Crippen molar-refractivity contribution < 1.29 is 0 Å². The molecule has 106 valence electrons. The molecule has 0 saturated carbocycles. The van der Waals surface area contributed by atoms with Crippen LogP contribution in [-0.2, 0) is 13.1 Å². The number of hydrogen-bond donors (Lipinski definition) is 0. The van der Waals surface area contributed by atoms with E-state index in [0.717, 1.165) is 47.8 Å². The Morgan fingerprint density at radius 2 is 1.95 bits per heavy atom. The lowest BCUT2D eigenvalue weighted by Crippen LogP contribution is -2.34. The van der Waals surface area contributed by atoms with Crippen LogP contribution in [0.3, 0.4) is 0 Å². The van der Waals surface area contributed by atoms with Crippen molar-refractivity contribution in [3.8, 4) is 11.4 Å². The van der Waals surface area contributed by atoms with Crippen LogP contribution in [0.25, 0.3) is 11.4 Å². The zero-order chi connectivity index (χ0) is 14.2. The smallest absolute Gasteiger partial charge is 0.205 e. The Bertz CT molecular complexity index is 763. The molecule has 21 heavy (non-hydrogen) atoms. The molecular weight excluding hydrogens is 284 g/mol. The minimum atomic E-state index is 0.731. The van der Waals surface area contributed by atoms with E-state index in [-0.39, 0.29) is 0 Å². The second-order valence-electron chi connectivity index (χ2n) is 5.00. The van der Waals surface area contributed by atoms with Crippen LogP contribution in [0.1, 0.15) is 11.6 Å². The molecule has 1 aliphatic rings. The second-order valence-corrected chi connectivity index (χ2v) is 5.73. The molecule has 4 rings (SSSR count). The Morgan fingerprint density at radius 1 is 1.10 bits per heavy atom. The number of hydrogen-bond acceptors (Lipinski definition) is 6. The summed E-state index contributed by atoms with van der Waals surface area (Å²) in [4.78, 5) is 6.66. The third-order valence-electron chi connectivity index (χ3n) is 3.57. The van der Waals surface area contributed by atoms with Gasteiger partial charge in [0.1, 0.15) is 5.82 Å². The molecule has 6 nitrogen and oxygen atoms in total. The summed E-state index contributed by atoms with van der Waals surface area (Å²) in [5, 5.41) is 9.66. The van der Waals surface area contributed by atoms with Gasteiger partial charge in [0.25, 0.3) is 0 Å². The quantitative estimate of drug-likeness (QED) is 0.725. The lowest BCUT2D eigenvalue weighted by molar-refractivity contribution is 0.562. The molecule has 0 spiro atoms. The molecule has 3 heterocycles. The number of aryl methyl sites for hydroxylation is 1. The van der Waals surface area contributed by atoms with Gasteiger partial charge in [-0.2, -0.15) is 4.37 Å². The van der Waals surface area contributed by atoms with Crippen molar-refractivity contribution in [3.05, 3.63) is 42.0 Å². The largest absolute Gasteiger partial charge is 0.338 e. The van der Waals surface area contributed by atoms with Gasteiger partial charge in [0.05, 0.1) is 6.54 Å². The molecule has 0 fully saturated rings. The third kappa shape index (κ3) is 2.19. The topological polar surface area (TPSA) is 59.7 Å². The van der Waals surface area contributed by atoms with E-state index in [1.807, 2.05) is 25.1 Å². The van der Waals surface area contributed by atoms with Gasteiger partial charge in [-0.25, -0.2) is 4.98 Å². The average Bonchev–Trinajstić information content (AvgIpc) is 3.13. The number of anilines is 1. The molecule has 0 saturated heterocycles. The zero-order valence-corrected chi connectivity index (χ0v) is 12.4. The number of aromatic nitrogens is 5. The fourth-order valence-electron chi connectivity index (χ4n) is 2.54. The Morgan fingerprint density at radius 3 is 2.71 bits per heavy atom. The number of nitrogens with zero attached hydrogens (tertiary/aromatic N) is 6. The first kappa shape index (κ1) is 12.5. The first-order valence-corrected chi connectivity index (χ1v) is 7.61. The van der Waals surface area contributed by atoms with Crippen LogP contribution in [0, 0.1) is 6.92 Å². The van der Waals surface area contributed by atoms with Gasteiger partial charge in [-0.3, -0.25) is 0 Å². The molecule has 0 amide bonds. The SMILES string of the molecule is Cc1nsc(N2CCn3c(nnc3-c3ccccc3)C2)n1. The van der Waals surface area contributed by atoms with Gasteiger partial charge >= 0.3 is 0 Å². The molecule has 0 atom stereocenters. The minimum absolute atomic E-state index is 0.731. The summed E-state index contributed by atoms with van der Waals surface area (Å²) in [6, 6.07) is 10.2. The summed E-state index contributed by atoms with van der Waals surface area (Å²) in [5.74, 6) is 2.75. The predicted octanol–water partition coefficient (Wildman–Crippen LogP) is 2.13. The first-order chi connectivity index (χ1) is 10.3. The first-order valence-electron chi connectivity index (χ1n) is 6.84. The Balaban J connectivity index is 1.65. The normalized spacial score (nSPS) is 14.2. The standard InChI is InChI=1S/C14H14N6S/c1-10-15-14(21-18-10)19-7-8-20-12(9-19)16-17-13(20)11-5-3-2-4-6-11/h2-6H,7-9H2,1H3. The van der Waals surface area contributed by atoms with Gasteiger partial charge in [-0.1, -0.05) is 30.3 Å². The van der Waals surface area contributed by atoms with Gasteiger partial charge < -0.3 is 9.47 Å². The third-order valence-corrected chi connectivity index (χ3v) is 4.44. The van der Waals surface area contributed by atoms with E-state index in [9.17, 15) is 0 Å². The van der Waals surface area contributed by atoms with Crippen molar-refractivity contribution in [1.29, 1.82) is 0 Å². The fourth-order valence-corrected chi connectivity index (χ4v) is 3.24. The molecule has 0 unspecified atom stereocenters. The Hall–Kier alpha value is -2.28. The fraction of sp³-hybridized carbons (Fsp3) is 0.286. The van der Waals surface area contributed by atoms with Gasteiger partial charge in [0.2, 0.25) is 5.13 Å². The van der Waals surface area contributed by atoms with Gasteiger partial charge in [-0.15, -0.1) is 10.2 Å². The van der Waals surface area contributed by atoms with Crippen LogP contribution < -0.4 is 4.90 Å². The van der Waals surface area contributed by atoms with Gasteiger partial charge in [0, 0.05) is 30.2 Å². The summed E-state index contributed by atoms with van der Waals surface area (Å²) in [7, 11) is 0. The molecular formula is C14H14N6S. The van der Waals surface area contributed by atoms with E-state index in [0.29, 0.717) is 0 Å². The predicted molar refractivity (Wildman–Crippen MR) is 81.2 cm³/mol. The van der Waals surface area contributed by atoms with E-state index < -0.39 is 0 Å². The van der Waals surface area contributed by atoms with E-state index >= 15 is 0 Å². The summed E-state index contributed by atoms with van der Waals surface area (Å²) >= 11 is 1.44. The summed E-state index contributed by atoms with van der Waals surface area (Å²) in [5.41, 5.74) is 1.11. The minimum Gasteiger partial charge on any atom is -0.338 e. The van der Waals surface area contributed by atoms with Crippen molar-refractivity contribution in [1.82, 2.24) is 24.1 Å². The highest BCUT2D eigenvalue weighted by Crippen LogP contribution is 2.25. The lowest BCUT2D eigenvalue weighted by atomic mass is 10.2. The van der Waals surface area contributed by atoms with E-state index in [1.54, 1.807) is 0 Å². The second kappa shape index (κ2) is 4.92. The van der Waals surface area contributed by atoms with Crippen LogP contribution >= 0.6 is 11.5 Å². The number of fused-ring (bicyclic) bond motifs is 1. The molecule has 0 N–H and O–H groups in total. The Kier molecular flexibility index (Phi) is 2.92. The van der Waals surface area contributed by atoms with Gasteiger partial charge in [0.15, 0.2) is 11.6 Å². The van der Waals surface area contributed by atoms with Crippen molar-refractivity contribution in [2.45, 2.75) is 20.0 Å². The Labute approximate surface area is 126 Å². The number of benzene rings is 1. The maximum absolute atomic E-state index is 4.45. The van der Waals surface area contributed by atoms with Crippen LogP contribution in [-0.4, -0.2) is 30.7 Å². The number of rotatable bonds is 2. The molecule has 2 aromatic heterocycles. The summed E-state index contributed by atoms with van der Waals surface area (Å²) < 4.78 is 6.44. The summed E-state index contributed by atoms with van der Waals surface area (Å²) in [6.45, 7) is 4.42. The maximum Gasteiger partial charge on any atom is 0.205 e. The molecule has 0 radical (unpaired) electrons. The van der Waals surface area contributed by atoms with Crippen LogP contribution in [0.2, 0.25) is 0 Å². The summed E-state index contributed by atoms with van der Waals surface area (Å²) in [6.07, 6.45) is 0. The molecule has 0 aliphatic carbocycles. The molecule has 3 aromatic rings. The highest BCUT2D eigenvalue weighted by Gasteiger charge is 2.23. The molecule has 0 bridgehead atoms. The van der Waals surface area contributed by atoms with Crippen LogP contribution in [0.5, 0.6) is 0 Å². The molecule has 1 aromatic carbocycles. The monoisotopic (exact) mass is 298 g/mol. The van der Waals surface area contributed by atoms with Crippen molar-refractivity contribution in [3.63, 3.8) is 0 Å². The van der Waals surface area contributed by atoms with Crippen LogP contribution in [0.15, 0.2) is 30.3 Å². The van der Waals surface area contributed by atoms with E-state index in [4.69, 9.17) is 0 Å². The van der Waals surface area contributed by atoms with E-state index in [1.165, 1.54) is 11.5 Å².